The van der Waals surface area contributed by atoms with E-state index >= 15 is 0 Å². The minimum Gasteiger partial charge on any atom is -0.454 e. The highest BCUT2D eigenvalue weighted by Gasteiger charge is 2.23. The molecular weight excluding hydrogens is 256 g/mol. The van der Waals surface area contributed by atoms with Crippen molar-refractivity contribution >= 4 is 5.91 Å². The van der Waals surface area contributed by atoms with Gasteiger partial charge in [-0.1, -0.05) is 6.07 Å². The summed E-state index contributed by atoms with van der Waals surface area (Å²) in [4.78, 5) is 14.4. The van der Waals surface area contributed by atoms with Crippen LogP contribution in [0.5, 0.6) is 11.5 Å². The third kappa shape index (κ3) is 2.88. The second-order valence-corrected chi connectivity index (χ2v) is 5.51. The number of benzene rings is 1. The molecule has 0 aromatic heterocycles. The lowest BCUT2D eigenvalue weighted by molar-refractivity contribution is -0.126. The van der Waals surface area contributed by atoms with Gasteiger partial charge in [0, 0.05) is 13.1 Å². The lowest BCUT2D eigenvalue weighted by Crippen LogP contribution is -2.41. The van der Waals surface area contributed by atoms with Gasteiger partial charge in [-0.25, -0.2) is 0 Å². The Morgan fingerprint density at radius 1 is 1.40 bits per heavy atom. The fourth-order valence-electron chi connectivity index (χ4n) is 2.76. The van der Waals surface area contributed by atoms with Crippen molar-refractivity contribution in [3.05, 3.63) is 23.8 Å². The second-order valence-electron chi connectivity index (χ2n) is 5.51. The summed E-state index contributed by atoms with van der Waals surface area (Å²) in [7, 11) is 2.07. The number of nitrogens with one attached hydrogen (secondary N) is 1. The maximum atomic E-state index is 12.2. The van der Waals surface area contributed by atoms with Crippen LogP contribution in [-0.4, -0.2) is 37.7 Å². The number of fused-ring (bicyclic) bond motifs is 1. The minimum absolute atomic E-state index is 0.114. The summed E-state index contributed by atoms with van der Waals surface area (Å²) in [5.41, 5.74) is 1.03. The SMILES string of the molecule is CN1CCCC(C(=O)NCc2ccc3c(c2)OCO3)C1. The van der Waals surface area contributed by atoms with Gasteiger partial charge in [0.25, 0.3) is 0 Å². The van der Waals surface area contributed by atoms with E-state index in [1.54, 1.807) is 0 Å². The molecule has 3 rings (SSSR count). The monoisotopic (exact) mass is 276 g/mol. The van der Waals surface area contributed by atoms with Crippen molar-refractivity contribution in [1.82, 2.24) is 10.2 Å². The first-order valence-electron chi connectivity index (χ1n) is 7.07. The van der Waals surface area contributed by atoms with Crippen LogP contribution in [0.15, 0.2) is 18.2 Å². The van der Waals surface area contributed by atoms with Gasteiger partial charge in [0.15, 0.2) is 11.5 Å². The first-order valence-corrected chi connectivity index (χ1v) is 7.07. The molecule has 0 aliphatic carbocycles. The molecule has 2 aliphatic heterocycles. The van der Waals surface area contributed by atoms with Crippen LogP contribution in [-0.2, 0) is 11.3 Å². The van der Waals surface area contributed by atoms with Gasteiger partial charge in [-0.2, -0.15) is 0 Å². The number of rotatable bonds is 3. The molecule has 0 spiro atoms. The average molecular weight is 276 g/mol. The van der Waals surface area contributed by atoms with Crippen molar-refractivity contribution in [2.24, 2.45) is 5.92 Å². The molecule has 5 heteroatoms. The van der Waals surface area contributed by atoms with E-state index < -0.39 is 0 Å². The first-order chi connectivity index (χ1) is 9.72. The highest BCUT2D eigenvalue weighted by molar-refractivity contribution is 5.79. The zero-order chi connectivity index (χ0) is 13.9. The zero-order valence-electron chi connectivity index (χ0n) is 11.7. The molecule has 1 N–H and O–H groups in total. The van der Waals surface area contributed by atoms with Gasteiger partial charge in [0.2, 0.25) is 12.7 Å². The quantitative estimate of drug-likeness (QED) is 0.906. The molecular formula is C15H20N2O3. The van der Waals surface area contributed by atoms with Gasteiger partial charge in [-0.05, 0) is 44.1 Å². The van der Waals surface area contributed by atoms with Crippen molar-refractivity contribution in [2.75, 3.05) is 26.9 Å². The Morgan fingerprint density at radius 3 is 3.10 bits per heavy atom. The topological polar surface area (TPSA) is 50.8 Å². The van der Waals surface area contributed by atoms with E-state index in [0.29, 0.717) is 6.54 Å². The van der Waals surface area contributed by atoms with Crippen LogP contribution in [0, 0.1) is 5.92 Å². The van der Waals surface area contributed by atoms with Crippen LogP contribution < -0.4 is 14.8 Å². The number of hydrogen-bond donors (Lipinski definition) is 1. The highest BCUT2D eigenvalue weighted by Crippen LogP contribution is 2.32. The van der Waals surface area contributed by atoms with Crippen molar-refractivity contribution in [1.29, 1.82) is 0 Å². The maximum absolute atomic E-state index is 12.2. The van der Waals surface area contributed by atoms with Crippen molar-refractivity contribution in [3.63, 3.8) is 0 Å². The molecule has 1 saturated heterocycles. The smallest absolute Gasteiger partial charge is 0.231 e. The molecule has 0 saturated carbocycles. The summed E-state index contributed by atoms with van der Waals surface area (Å²) in [5, 5.41) is 3.02. The largest absolute Gasteiger partial charge is 0.454 e. The van der Waals surface area contributed by atoms with Crippen molar-refractivity contribution in [2.45, 2.75) is 19.4 Å². The van der Waals surface area contributed by atoms with E-state index in [0.717, 1.165) is 43.0 Å². The number of ether oxygens (including phenoxy) is 2. The third-order valence-electron chi connectivity index (χ3n) is 3.90. The molecule has 2 aliphatic rings. The van der Waals surface area contributed by atoms with Crippen LogP contribution in [0.3, 0.4) is 0 Å². The Morgan fingerprint density at radius 2 is 2.25 bits per heavy atom. The summed E-state index contributed by atoms with van der Waals surface area (Å²) in [5.74, 6) is 1.79. The van der Waals surface area contributed by atoms with Crippen molar-refractivity contribution in [3.8, 4) is 11.5 Å². The van der Waals surface area contributed by atoms with Crippen LogP contribution in [0.1, 0.15) is 18.4 Å². The van der Waals surface area contributed by atoms with E-state index in [1.165, 1.54) is 0 Å². The van der Waals surface area contributed by atoms with E-state index in [-0.39, 0.29) is 18.6 Å². The molecule has 1 aromatic rings. The first kappa shape index (κ1) is 13.2. The third-order valence-corrected chi connectivity index (χ3v) is 3.90. The molecule has 1 fully saturated rings. The van der Waals surface area contributed by atoms with E-state index in [1.807, 2.05) is 18.2 Å². The summed E-state index contributed by atoms with van der Waals surface area (Å²) in [6.45, 7) is 2.76. The highest BCUT2D eigenvalue weighted by atomic mass is 16.7. The normalized spacial score (nSPS) is 21.8. The predicted molar refractivity (Wildman–Crippen MR) is 74.6 cm³/mol. The summed E-state index contributed by atoms with van der Waals surface area (Å²) in [6, 6.07) is 5.77. The molecule has 20 heavy (non-hydrogen) atoms. The second kappa shape index (κ2) is 5.71. The Hall–Kier alpha value is -1.75. The molecule has 1 aromatic carbocycles. The summed E-state index contributed by atoms with van der Waals surface area (Å²) < 4.78 is 10.6. The van der Waals surface area contributed by atoms with Crippen molar-refractivity contribution < 1.29 is 14.3 Å². The number of amides is 1. The molecule has 0 radical (unpaired) electrons. The number of nitrogens with zero attached hydrogens (tertiary/aromatic N) is 1. The fourth-order valence-corrected chi connectivity index (χ4v) is 2.76. The van der Waals surface area contributed by atoms with Gasteiger partial charge in [-0.15, -0.1) is 0 Å². The molecule has 0 bridgehead atoms. The number of piperidine rings is 1. The van der Waals surface area contributed by atoms with Crippen LogP contribution in [0.25, 0.3) is 0 Å². The molecule has 108 valence electrons. The summed E-state index contributed by atoms with van der Waals surface area (Å²) in [6.07, 6.45) is 2.08. The predicted octanol–water partition coefficient (Wildman–Crippen LogP) is 1.37. The lowest BCUT2D eigenvalue weighted by atomic mass is 9.97. The van der Waals surface area contributed by atoms with Gasteiger partial charge in [0.05, 0.1) is 5.92 Å². The molecule has 5 nitrogen and oxygen atoms in total. The number of likely N-dealkylation sites (tertiary alicyclic amines) is 1. The number of carbonyl (C=O) groups is 1. The Labute approximate surface area is 118 Å². The Bertz CT molecular complexity index is 504. The zero-order valence-corrected chi connectivity index (χ0v) is 11.7. The Kier molecular flexibility index (Phi) is 3.78. The van der Waals surface area contributed by atoms with E-state index in [4.69, 9.17) is 9.47 Å². The minimum atomic E-state index is 0.114. The maximum Gasteiger partial charge on any atom is 0.231 e. The van der Waals surface area contributed by atoms with Crippen LogP contribution in [0.2, 0.25) is 0 Å². The van der Waals surface area contributed by atoms with Gasteiger partial charge in [0.1, 0.15) is 0 Å². The van der Waals surface area contributed by atoms with Crippen LogP contribution >= 0.6 is 0 Å². The van der Waals surface area contributed by atoms with Gasteiger partial charge >= 0.3 is 0 Å². The fraction of sp³-hybridized carbons (Fsp3) is 0.533. The summed E-state index contributed by atoms with van der Waals surface area (Å²) >= 11 is 0. The molecule has 2 heterocycles. The number of carbonyl (C=O) groups excluding carboxylic acids is 1. The van der Waals surface area contributed by atoms with Gasteiger partial charge in [-0.3, -0.25) is 4.79 Å². The van der Waals surface area contributed by atoms with E-state index in [2.05, 4.69) is 17.3 Å². The number of hydrogen-bond acceptors (Lipinski definition) is 4. The lowest BCUT2D eigenvalue weighted by Gasteiger charge is -2.28. The van der Waals surface area contributed by atoms with Crippen LogP contribution in [0.4, 0.5) is 0 Å². The molecule has 1 unspecified atom stereocenters. The van der Waals surface area contributed by atoms with E-state index in [9.17, 15) is 4.79 Å². The Balaban J connectivity index is 1.55. The molecule has 1 amide bonds. The van der Waals surface area contributed by atoms with Gasteiger partial charge < -0.3 is 19.7 Å². The average Bonchev–Trinajstić information content (AvgIpc) is 2.92. The molecule has 1 atom stereocenters. The standard InChI is InChI=1S/C15H20N2O3/c1-17-6-2-3-12(9-17)15(18)16-8-11-4-5-13-14(7-11)20-10-19-13/h4-5,7,12H,2-3,6,8-10H2,1H3,(H,16,18).